The average molecular weight is 204 g/mol. The zero-order valence-electron chi connectivity index (χ0n) is 5.84. The van der Waals surface area contributed by atoms with Crippen LogP contribution in [0.4, 0.5) is 0 Å². The van der Waals surface area contributed by atoms with E-state index in [-0.39, 0.29) is 0 Å². The van der Waals surface area contributed by atoms with Crippen molar-refractivity contribution in [2.75, 3.05) is 6.54 Å². The van der Waals surface area contributed by atoms with Crippen LogP contribution in [0.3, 0.4) is 0 Å². The molecule has 1 aromatic heterocycles. The third-order valence-corrected chi connectivity index (χ3v) is 1.90. The highest BCUT2D eigenvalue weighted by Gasteiger charge is 2.01. The van der Waals surface area contributed by atoms with Crippen molar-refractivity contribution >= 4 is 15.9 Å². The van der Waals surface area contributed by atoms with Crippen LogP contribution in [0.1, 0.15) is 5.69 Å². The first kappa shape index (κ1) is 7.75. The number of hydrogen-bond donors (Lipinski definition) is 1. The number of hydrogen-bond acceptors (Lipinski definition) is 2. The molecule has 0 spiro atoms. The number of aromatic nitrogens is 2. The third kappa shape index (κ3) is 1.58. The van der Waals surface area contributed by atoms with Crippen LogP contribution < -0.4 is 5.73 Å². The van der Waals surface area contributed by atoms with Gasteiger partial charge in [-0.1, -0.05) is 0 Å². The lowest BCUT2D eigenvalue weighted by Gasteiger charge is -1.90. The van der Waals surface area contributed by atoms with Gasteiger partial charge in [-0.05, 0) is 22.5 Å². The van der Waals surface area contributed by atoms with Gasteiger partial charge in [0.2, 0.25) is 0 Å². The van der Waals surface area contributed by atoms with Crippen molar-refractivity contribution in [3.05, 3.63) is 16.4 Å². The second kappa shape index (κ2) is 3.16. The molecular formula is C6H10BrN3. The Balaban J connectivity index is 2.81. The van der Waals surface area contributed by atoms with Gasteiger partial charge in [0.25, 0.3) is 0 Å². The molecule has 3 nitrogen and oxygen atoms in total. The second-order valence-corrected chi connectivity index (χ2v) is 2.99. The van der Waals surface area contributed by atoms with E-state index in [9.17, 15) is 0 Å². The van der Waals surface area contributed by atoms with Gasteiger partial charge in [0.1, 0.15) is 0 Å². The molecule has 0 atom stereocenters. The molecule has 0 unspecified atom stereocenters. The zero-order valence-corrected chi connectivity index (χ0v) is 7.43. The van der Waals surface area contributed by atoms with E-state index in [1.807, 2.05) is 13.2 Å². The Kier molecular flexibility index (Phi) is 2.45. The van der Waals surface area contributed by atoms with Crippen molar-refractivity contribution in [3.8, 4) is 0 Å². The number of rotatable bonds is 2. The van der Waals surface area contributed by atoms with Crippen molar-refractivity contribution in [2.24, 2.45) is 12.8 Å². The zero-order chi connectivity index (χ0) is 7.56. The summed E-state index contributed by atoms with van der Waals surface area (Å²) in [4.78, 5) is 0. The summed E-state index contributed by atoms with van der Waals surface area (Å²) in [5.74, 6) is 0. The molecule has 0 fully saturated rings. The van der Waals surface area contributed by atoms with E-state index in [0.29, 0.717) is 6.54 Å². The molecule has 4 heteroatoms. The van der Waals surface area contributed by atoms with E-state index in [0.717, 1.165) is 16.6 Å². The van der Waals surface area contributed by atoms with Gasteiger partial charge in [0, 0.05) is 19.7 Å². The Hall–Kier alpha value is -0.350. The summed E-state index contributed by atoms with van der Waals surface area (Å²) in [6, 6.07) is 0. The number of aryl methyl sites for hydroxylation is 1. The maximum Gasteiger partial charge on any atom is 0.0779 e. The van der Waals surface area contributed by atoms with Gasteiger partial charge in [-0.2, -0.15) is 5.10 Å². The lowest BCUT2D eigenvalue weighted by molar-refractivity contribution is 0.739. The third-order valence-electron chi connectivity index (χ3n) is 1.24. The topological polar surface area (TPSA) is 43.8 Å². The lowest BCUT2D eigenvalue weighted by atomic mass is 10.3. The summed E-state index contributed by atoms with van der Waals surface area (Å²) in [6.45, 7) is 0.648. The Labute approximate surface area is 68.3 Å². The van der Waals surface area contributed by atoms with Crippen molar-refractivity contribution in [3.63, 3.8) is 0 Å². The van der Waals surface area contributed by atoms with Gasteiger partial charge in [0.05, 0.1) is 10.2 Å². The molecule has 0 bridgehead atoms. The molecule has 1 heterocycles. The molecule has 0 saturated carbocycles. The maximum atomic E-state index is 5.37. The standard InChI is InChI=1S/C6H10BrN3/c1-10-4-5(7)6(9-10)2-3-8/h4H,2-3,8H2,1H3. The fourth-order valence-electron chi connectivity index (χ4n) is 0.812. The van der Waals surface area contributed by atoms with Crippen LogP contribution in [-0.4, -0.2) is 16.3 Å². The monoisotopic (exact) mass is 203 g/mol. The summed E-state index contributed by atoms with van der Waals surface area (Å²) >= 11 is 3.38. The molecular weight excluding hydrogens is 194 g/mol. The molecule has 0 aliphatic carbocycles. The number of halogens is 1. The smallest absolute Gasteiger partial charge is 0.0779 e. The van der Waals surface area contributed by atoms with E-state index in [2.05, 4.69) is 21.0 Å². The summed E-state index contributed by atoms with van der Waals surface area (Å²) in [5.41, 5.74) is 6.40. The first-order valence-electron chi connectivity index (χ1n) is 3.12. The summed E-state index contributed by atoms with van der Waals surface area (Å²) < 4.78 is 2.81. The SMILES string of the molecule is Cn1cc(Br)c(CCN)n1. The van der Waals surface area contributed by atoms with Gasteiger partial charge < -0.3 is 5.73 Å². The first-order valence-corrected chi connectivity index (χ1v) is 3.91. The minimum absolute atomic E-state index is 0.648. The Morgan fingerprint density at radius 2 is 2.50 bits per heavy atom. The van der Waals surface area contributed by atoms with Crippen LogP contribution in [-0.2, 0) is 13.5 Å². The fourth-order valence-corrected chi connectivity index (χ4v) is 1.39. The normalized spacial score (nSPS) is 10.3. The quantitative estimate of drug-likeness (QED) is 0.769. The van der Waals surface area contributed by atoms with Crippen LogP contribution >= 0.6 is 15.9 Å². The highest BCUT2D eigenvalue weighted by atomic mass is 79.9. The second-order valence-electron chi connectivity index (χ2n) is 2.14. The largest absolute Gasteiger partial charge is 0.330 e. The molecule has 0 amide bonds. The Morgan fingerprint density at radius 3 is 2.90 bits per heavy atom. The Bertz CT molecular complexity index is 219. The molecule has 2 N–H and O–H groups in total. The average Bonchev–Trinajstić information content (AvgIpc) is 2.13. The molecule has 0 radical (unpaired) electrons. The van der Waals surface area contributed by atoms with Crippen LogP contribution in [0, 0.1) is 0 Å². The van der Waals surface area contributed by atoms with E-state index in [4.69, 9.17) is 5.73 Å². The van der Waals surface area contributed by atoms with Crippen LogP contribution in [0.15, 0.2) is 10.7 Å². The predicted molar refractivity (Wildman–Crippen MR) is 43.7 cm³/mol. The van der Waals surface area contributed by atoms with E-state index in [1.165, 1.54) is 0 Å². The molecule has 0 aliphatic rings. The van der Waals surface area contributed by atoms with Crippen LogP contribution in [0.2, 0.25) is 0 Å². The molecule has 0 aliphatic heterocycles. The molecule has 0 saturated heterocycles. The van der Waals surface area contributed by atoms with Gasteiger partial charge in [0.15, 0.2) is 0 Å². The molecule has 1 rings (SSSR count). The van der Waals surface area contributed by atoms with Crippen molar-refractivity contribution < 1.29 is 0 Å². The maximum absolute atomic E-state index is 5.37. The number of nitrogens with two attached hydrogens (primary N) is 1. The van der Waals surface area contributed by atoms with Crippen molar-refractivity contribution in [1.29, 1.82) is 0 Å². The van der Waals surface area contributed by atoms with E-state index < -0.39 is 0 Å². The minimum Gasteiger partial charge on any atom is -0.330 e. The van der Waals surface area contributed by atoms with Crippen molar-refractivity contribution in [2.45, 2.75) is 6.42 Å². The van der Waals surface area contributed by atoms with Gasteiger partial charge >= 0.3 is 0 Å². The van der Waals surface area contributed by atoms with E-state index >= 15 is 0 Å². The van der Waals surface area contributed by atoms with Gasteiger partial charge in [-0.25, -0.2) is 0 Å². The predicted octanol–water partition coefficient (Wildman–Crippen LogP) is 0.684. The van der Waals surface area contributed by atoms with E-state index in [1.54, 1.807) is 4.68 Å². The molecule has 56 valence electrons. The molecule has 1 aromatic rings. The Morgan fingerprint density at radius 1 is 1.80 bits per heavy atom. The van der Waals surface area contributed by atoms with Gasteiger partial charge in [-0.3, -0.25) is 4.68 Å². The fraction of sp³-hybridized carbons (Fsp3) is 0.500. The highest BCUT2D eigenvalue weighted by Crippen LogP contribution is 2.13. The first-order chi connectivity index (χ1) is 4.74. The number of nitrogens with zero attached hydrogens (tertiary/aromatic N) is 2. The van der Waals surface area contributed by atoms with Crippen LogP contribution in [0.25, 0.3) is 0 Å². The lowest BCUT2D eigenvalue weighted by Crippen LogP contribution is -2.04. The highest BCUT2D eigenvalue weighted by molar-refractivity contribution is 9.10. The summed E-state index contributed by atoms with van der Waals surface area (Å²) in [7, 11) is 1.89. The summed E-state index contributed by atoms with van der Waals surface area (Å²) in [6.07, 6.45) is 2.76. The van der Waals surface area contributed by atoms with Gasteiger partial charge in [-0.15, -0.1) is 0 Å². The minimum atomic E-state index is 0.648. The molecule has 10 heavy (non-hydrogen) atoms. The summed E-state index contributed by atoms with van der Waals surface area (Å²) in [5, 5.41) is 4.19. The van der Waals surface area contributed by atoms with Crippen LogP contribution in [0.5, 0.6) is 0 Å². The van der Waals surface area contributed by atoms with Crippen molar-refractivity contribution in [1.82, 2.24) is 9.78 Å². The molecule has 0 aromatic carbocycles.